The molecule has 122 valence electrons. The molecule has 2 nitrogen and oxygen atoms in total. The summed E-state index contributed by atoms with van der Waals surface area (Å²) in [6, 6.07) is 21.3. The Morgan fingerprint density at radius 2 is 1.70 bits per heavy atom. The Morgan fingerprint density at radius 1 is 1.04 bits per heavy atom. The molecule has 0 spiro atoms. The van der Waals surface area contributed by atoms with Crippen molar-refractivity contribution >= 4 is 0 Å². The second-order valence-corrected chi connectivity index (χ2v) is 6.96. The molecule has 0 bridgehead atoms. The molecule has 0 amide bonds. The molecule has 1 saturated carbocycles. The predicted octanol–water partition coefficient (Wildman–Crippen LogP) is 4.46. The minimum Gasteiger partial charge on any atom is -0.390 e. The molecular formula is C21H27NO. The summed E-state index contributed by atoms with van der Waals surface area (Å²) in [5.41, 5.74) is 1.96. The molecule has 0 aromatic heterocycles. The van der Waals surface area contributed by atoms with Crippen LogP contribution in [0.4, 0.5) is 0 Å². The van der Waals surface area contributed by atoms with Crippen molar-refractivity contribution in [1.29, 1.82) is 0 Å². The number of nitrogens with one attached hydrogen (secondary N) is 1. The van der Waals surface area contributed by atoms with Crippen molar-refractivity contribution in [3.63, 3.8) is 0 Å². The van der Waals surface area contributed by atoms with Gasteiger partial charge in [-0.25, -0.2) is 0 Å². The Kier molecular flexibility index (Phi) is 5.14. The van der Waals surface area contributed by atoms with Gasteiger partial charge >= 0.3 is 0 Å². The van der Waals surface area contributed by atoms with Gasteiger partial charge in [0.2, 0.25) is 0 Å². The minimum absolute atomic E-state index is 0.187. The molecule has 2 aromatic carbocycles. The summed E-state index contributed by atoms with van der Waals surface area (Å²) >= 11 is 0. The van der Waals surface area contributed by atoms with Gasteiger partial charge in [0.25, 0.3) is 0 Å². The maximum Gasteiger partial charge on any atom is 0.0666 e. The summed E-state index contributed by atoms with van der Waals surface area (Å²) in [7, 11) is 0. The average Bonchev–Trinajstić information content (AvgIpc) is 2.58. The molecule has 0 radical (unpaired) electrons. The number of hydrogen-bond acceptors (Lipinski definition) is 2. The van der Waals surface area contributed by atoms with Crippen molar-refractivity contribution in [3.8, 4) is 0 Å². The van der Waals surface area contributed by atoms with Crippen molar-refractivity contribution < 1.29 is 5.11 Å². The van der Waals surface area contributed by atoms with Gasteiger partial charge in [0.05, 0.1) is 5.60 Å². The number of hydrogen-bond donors (Lipinski definition) is 2. The third kappa shape index (κ3) is 4.01. The van der Waals surface area contributed by atoms with E-state index in [0.29, 0.717) is 0 Å². The van der Waals surface area contributed by atoms with Crippen molar-refractivity contribution in [3.05, 3.63) is 71.8 Å². The fourth-order valence-electron chi connectivity index (χ4n) is 3.85. The SMILES string of the molecule is C[C@@]1(O)CCCC[C@H]1[C@@H](NCc1ccccc1)c1ccccc1. The Labute approximate surface area is 139 Å². The Balaban J connectivity index is 1.82. The van der Waals surface area contributed by atoms with E-state index < -0.39 is 5.60 Å². The van der Waals surface area contributed by atoms with Gasteiger partial charge in [0, 0.05) is 18.5 Å². The summed E-state index contributed by atoms with van der Waals surface area (Å²) in [6.07, 6.45) is 4.31. The van der Waals surface area contributed by atoms with Gasteiger partial charge < -0.3 is 10.4 Å². The van der Waals surface area contributed by atoms with Crippen LogP contribution in [0.3, 0.4) is 0 Å². The topological polar surface area (TPSA) is 32.3 Å². The highest BCUT2D eigenvalue weighted by atomic mass is 16.3. The smallest absolute Gasteiger partial charge is 0.0666 e. The van der Waals surface area contributed by atoms with E-state index in [0.717, 1.165) is 25.8 Å². The van der Waals surface area contributed by atoms with E-state index in [1.165, 1.54) is 17.5 Å². The van der Waals surface area contributed by atoms with Crippen LogP contribution < -0.4 is 5.32 Å². The summed E-state index contributed by atoms with van der Waals surface area (Å²) in [4.78, 5) is 0. The number of benzene rings is 2. The van der Waals surface area contributed by atoms with Crippen LogP contribution in [-0.2, 0) is 6.54 Å². The van der Waals surface area contributed by atoms with Crippen LogP contribution in [-0.4, -0.2) is 10.7 Å². The van der Waals surface area contributed by atoms with E-state index in [-0.39, 0.29) is 12.0 Å². The fraction of sp³-hybridized carbons (Fsp3) is 0.429. The van der Waals surface area contributed by atoms with Crippen LogP contribution in [0.2, 0.25) is 0 Å². The van der Waals surface area contributed by atoms with Crippen LogP contribution in [0, 0.1) is 5.92 Å². The van der Waals surface area contributed by atoms with Crippen LogP contribution >= 0.6 is 0 Å². The lowest BCUT2D eigenvalue weighted by atomic mass is 9.71. The Morgan fingerprint density at radius 3 is 2.35 bits per heavy atom. The van der Waals surface area contributed by atoms with E-state index in [2.05, 4.69) is 59.9 Å². The van der Waals surface area contributed by atoms with Gasteiger partial charge in [-0.05, 0) is 30.9 Å². The summed E-state index contributed by atoms with van der Waals surface area (Å²) in [5.74, 6) is 0.252. The monoisotopic (exact) mass is 309 g/mol. The lowest BCUT2D eigenvalue weighted by Gasteiger charge is -2.42. The summed E-state index contributed by atoms with van der Waals surface area (Å²) < 4.78 is 0. The zero-order valence-corrected chi connectivity index (χ0v) is 13.9. The van der Waals surface area contributed by atoms with E-state index in [1.807, 2.05) is 13.0 Å². The van der Waals surface area contributed by atoms with Gasteiger partial charge in [0.1, 0.15) is 0 Å². The molecule has 2 N–H and O–H groups in total. The lowest BCUT2D eigenvalue weighted by molar-refractivity contribution is -0.0477. The predicted molar refractivity (Wildman–Crippen MR) is 95.0 cm³/mol. The van der Waals surface area contributed by atoms with Crippen molar-refractivity contribution in [2.75, 3.05) is 0 Å². The maximum atomic E-state index is 10.9. The molecule has 2 heteroatoms. The quantitative estimate of drug-likeness (QED) is 0.854. The first kappa shape index (κ1) is 16.2. The van der Waals surface area contributed by atoms with Crippen molar-refractivity contribution in [2.24, 2.45) is 5.92 Å². The number of rotatable bonds is 5. The van der Waals surface area contributed by atoms with Crippen molar-refractivity contribution in [2.45, 2.75) is 50.8 Å². The van der Waals surface area contributed by atoms with E-state index >= 15 is 0 Å². The van der Waals surface area contributed by atoms with Gasteiger partial charge in [0.15, 0.2) is 0 Å². The third-order valence-corrected chi connectivity index (χ3v) is 5.18. The highest BCUT2D eigenvalue weighted by Gasteiger charge is 2.39. The highest BCUT2D eigenvalue weighted by molar-refractivity contribution is 5.22. The molecule has 3 rings (SSSR count). The van der Waals surface area contributed by atoms with E-state index in [4.69, 9.17) is 0 Å². The summed E-state index contributed by atoms with van der Waals surface area (Å²) in [6.45, 7) is 2.84. The zero-order valence-electron chi connectivity index (χ0n) is 13.9. The standard InChI is InChI=1S/C21H27NO/c1-21(23)15-9-8-14-19(21)20(18-12-6-3-7-13-18)22-16-17-10-4-2-5-11-17/h2-7,10-13,19-20,22-23H,8-9,14-16H2,1H3/t19-,20-,21+/m0/s1. The summed E-state index contributed by atoms with van der Waals surface area (Å²) in [5, 5.41) is 14.6. The van der Waals surface area contributed by atoms with Crippen LogP contribution in [0.5, 0.6) is 0 Å². The first-order chi connectivity index (χ1) is 11.2. The fourth-order valence-corrected chi connectivity index (χ4v) is 3.85. The molecule has 0 saturated heterocycles. The molecule has 1 aliphatic carbocycles. The molecule has 1 fully saturated rings. The van der Waals surface area contributed by atoms with E-state index in [9.17, 15) is 5.11 Å². The van der Waals surface area contributed by atoms with Crippen LogP contribution in [0.1, 0.15) is 49.8 Å². The molecule has 2 aromatic rings. The van der Waals surface area contributed by atoms with Crippen LogP contribution in [0.15, 0.2) is 60.7 Å². The van der Waals surface area contributed by atoms with Crippen LogP contribution in [0.25, 0.3) is 0 Å². The highest BCUT2D eigenvalue weighted by Crippen LogP contribution is 2.41. The molecule has 0 unspecified atom stereocenters. The maximum absolute atomic E-state index is 10.9. The van der Waals surface area contributed by atoms with E-state index in [1.54, 1.807) is 0 Å². The minimum atomic E-state index is -0.595. The average molecular weight is 309 g/mol. The molecule has 0 heterocycles. The normalized spacial score (nSPS) is 25.9. The Hall–Kier alpha value is -1.64. The van der Waals surface area contributed by atoms with Gasteiger partial charge in [-0.15, -0.1) is 0 Å². The third-order valence-electron chi connectivity index (χ3n) is 5.18. The zero-order chi connectivity index (χ0) is 16.1. The molecule has 3 atom stereocenters. The lowest BCUT2D eigenvalue weighted by Crippen LogP contribution is -2.45. The molecule has 23 heavy (non-hydrogen) atoms. The van der Waals surface area contributed by atoms with Gasteiger partial charge in [-0.3, -0.25) is 0 Å². The van der Waals surface area contributed by atoms with Crippen molar-refractivity contribution in [1.82, 2.24) is 5.32 Å². The Bertz CT molecular complexity index is 594. The van der Waals surface area contributed by atoms with Gasteiger partial charge in [-0.1, -0.05) is 73.5 Å². The second-order valence-electron chi connectivity index (χ2n) is 6.96. The molecule has 0 aliphatic heterocycles. The molecule has 1 aliphatic rings. The van der Waals surface area contributed by atoms with Gasteiger partial charge in [-0.2, -0.15) is 0 Å². The number of aliphatic hydroxyl groups is 1. The largest absolute Gasteiger partial charge is 0.390 e. The molecular weight excluding hydrogens is 282 g/mol. The second kappa shape index (κ2) is 7.29. The first-order valence-corrected chi connectivity index (χ1v) is 8.71. The first-order valence-electron chi connectivity index (χ1n) is 8.71.